The van der Waals surface area contributed by atoms with Crippen molar-refractivity contribution < 1.29 is 23.0 Å². The molecule has 0 amide bonds. The first-order valence-corrected chi connectivity index (χ1v) is 5.63. The second-order valence-electron chi connectivity index (χ2n) is 3.43. The smallest absolute Gasteiger partial charge is 0.290 e. The predicted octanol–water partition coefficient (Wildman–Crippen LogP) is 3.09. The van der Waals surface area contributed by atoms with Crippen molar-refractivity contribution in [3.05, 3.63) is 0 Å². The number of halogens is 1. The van der Waals surface area contributed by atoms with Gasteiger partial charge in [-0.1, -0.05) is 32.1 Å². The van der Waals surface area contributed by atoms with Crippen molar-refractivity contribution in [2.75, 3.05) is 0 Å². The van der Waals surface area contributed by atoms with E-state index in [1.165, 1.54) is 19.3 Å². The third kappa shape index (κ3) is 8.65. The van der Waals surface area contributed by atoms with Crippen LogP contribution in [0.15, 0.2) is 0 Å². The van der Waals surface area contributed by atoms with E-state index in [1.807, 2.05) is 0 Å². The van der Waals surface area contributed by atoms with Crippen molar-refractivity contribution in [2.24, 2.45) is 5.92 Å². The highest BCUT2D eigenvalue weighted by Crippen LogP contribution is 2.28. The van der Waals surface area contributed by atoms with E-state index in [4.69, 9.17) is 14.5 Å². The molecule has 1 saturated carbocycles. The lowest BCUT2D eigenvalue weighted by Crippen LogP contribution is -2.13. The molecular weight excluding hydrogens is 223 g/mol. The van der Waals surface area contributed by atoms with Gasteiger partial charge in [-0.15, -0.1) is 0 Å². The fourth-order valence-corrected chi connectivity index (χ4v) is 1.94. The van der Waals surface area contributed by atoms with Crippen LogP contribution in [0.1, 0.15) is 38.5 Å². The van der Waals surface area contributed by atoms with E-state index < -0.39 is 6.36 Å². The van der Waals surface area contributed by atoms with Gasteiger partial charge in [0.2, 0.25) is 6.36 Å². The molecule has 1 aliphatic rings. The monoisotopic (exact) mass is 240 g/mol. The summed E-state index contributed by atoms with van der Waals surface area (Å²) in [6, 6.07) is 0. The third-order valence-electron chi connectivity index (χ3n) is 2.39. The maximum atomic E-state index is 12.8. The van der Waals surface area contributed by atoms with Gasteiger partial charge in [-0.3, -0.25) is 8.98 Å². The largest absolute Gasteiger partial charge is 0.483 e. The standard InChI is InChI=1S/C8H15FO2S.CH2O2/c9-8(11-12-10)6-7-4-2-1-3-5-7;2-1-3/h7-8,10H,1-6H2;1H,(H,2,3). The molecule has 0 aliphatic heterocycles. The highest BCUT2D eigenvalue weighted by Gasteiger charge is 2.18. The van der Waals surface area contributed by atoms with E-state index in [0.29, 0.717) is 12.3 Å². The summed E-state index contributed by atoms with van der Waals surface area (Å²) in [6.45, 7) is -0.250. The molecule has 2 N–H and O–H groups in total. The summed E-state index contributed by atoms with van der Waals surface area (Å²) in [5.41, 5.74) is 0. The molecule has 6 heteroatoms. The maximum absolute atomic E-state index is 12.8. The minimum atomic E-state index is -1.30. The number of hydrogen-bond donors (Lipinski definition) is 2. The van der Waals surface area contributed by atoms with Crippen LogP contribution < -0.4 is 0 Å². The molecule has 0 aromatic carbocycles. The van der Waals surface area contributed by atoms with E-state index >= 15 is 0 Å². The van der Waals surface area contributed by atoms with E-state index in [-0.39, 0.29) is 18.8 Å². The van der Waals surface area contributed by atoms with Crippen molar-refractivity contribution in [3.8, 4) is 0 Å². The molecule has 4 nitrogen and oxygen atoms in total. The van der Waals surface area contributed by atoms with Crippen LogP contribution in [-0.4, -0.2) is 22.5 Å². The van der Waals surface area contributed by atoms with Gasteiger partial charge in [0.25, 0.3) is 6.47 Å². The summed E-state index contributed by atoms with van der Waals surface area (Å²) in [6.07, 6.45) is 5.06. The van der Waals surface area contributed by atoms with Gasteiger partial charge in [-0.05, 0) is 5.92 Å². The summed E-state index contributed by atoms with van der Waals surface area (Å²) in [5, 5.41) is 6.89. The van der Waals surface area contributed by atoms with Crippen molar-refractivity contribution in [1.29, 1.82) is 0 Å². The highest BCUT2D eigenvalue weighted by atomic mass is 32.2. The fourth-order valence-electron chi connectivity index (χ4n) is 1.77. The van der Waals surface area contributed by atoms with Crippen LogP contribution in [0.5, 0.6) is 0 Å². The Morgan fingerprint density at radius 3 is 2.47 bits per heavy atom. The second-order valence-corrected chi connectivity index (χ2v) is 3.77. The summed E-state index contributed by atoms with van der Waals surface area (Å²) in [4.78, 5) is 8.36. The zero-order valence-electron chi connectivity index (χ0n) is 8.47. The van der Waals surface area contributed by atoms with Gasteiger partial charge in [0, 0.05) is 6.42 Å². The van der Waals surface area contributed by atoms with Crippen LogP contribution in [0.4, 0.5) is 4.39 Å². The van der Waals surface area contributed by atoms with Crippen molar-refractivity contribution >= 4 is 18.8 Å². The molecule has 0 spiro atoms. The van der Waals surface area contributed by atoms with Crippen LogP contribution in [0.3, 0.4) is 0 Å². The summed E-state index contributed by atoms with van der Waals surface area (Å²) >= 11 is 0.123. The fraction of sp³-hybridized carbons (Fsp3) is 0.889. The average Bonchev–Trinajstić information content (AvgIpc) is 2.20. The first-order chi connectivity index (χ1) is 7.24. The van der Waals surface area contributed by atoms with Crippen LogP contribution in [0.25, 0.3) is 0 Å². The first kappa shape index (κ1) is 14.7. The summed E-state index contributed by atoms with van der Waals surface area (Å²) in [5.74, 6) is 0.459. The SMILES string of the molecule is O=CO.OSOC(F)CC1CCCCC1. The van der Waals surface area contributed by atoms with E-state index in [1.54, 1.807) is 0 Å². The van der Waals surface area contributed by atoms with E-state index in [2.05, 4.69) is 4.18 Å². The lowest BCUT2D eigenvalue weighted by atomic mass is 9.87. The number of rotatable bonds is 4. The molecule has 1 unspecified atom stereocenters. The van der Waals surface area contributed by atoms with Gasteiger partial charge in [0.05, 0.1) is 0 Å². The van der Waals surface area contributed by atoms with Gasteiger partial charge in [0.1, 0.15) is 0 Å². The lowest BCUT2D eigenvalue weighted by molar-refractivity contribution is -0.122. The zero-order chi connectivity index (χ0) is 11.5. The predicted molar refractivity (Wildman–Crippen MR) is 56.1 cm³/mol. The molecule has 0 saturated heterocycles. The van der Waals surface area contributed by atoms with Crippen LogP contribution in [-0.2, 0) is 8.98 Å². The Morgan fingerprint density at radius 1 is 1.47 bits per heavy atom. The Bertz CT molecular complexity index is 153. The molecule has 1 rings (SSSR count). The molecule has 0 radical (unpaired) electrons. The molecule has 90 valence electrons. The average molecular weight is 240 g/mol. The number of hydrogen-bond acceptors (Lipinski definition) is 4. The minimum absolute atomic E-state index is 0.123. The second kappa shape index (κ2) is 10.2. The molecule has 0 aromatic heterocycles. The Hall–Kier alpha value is -0.330. The first-order valence-electron chi connectivity index (χ1n) is 4.93. The normalized spacial score (nSPS) is 18.8. The summed E-state index contributed by atoms with van der Waals surface area (Å²) in [7, 11) is 0. The van der Waals surface area contributed by atoms with Gasteiger partial charge >= 0.3 is 0 Å². The maximum Gasteiger partial charge on any atom is 0.290 e. The Kier molecular flexibility index (Phi) is 9.97. The van der Waals surface area contributed by atoms with Gasteiger partial charge in [-0.2, -0.15) is 0 Å². The molecule has 0 aromatic rings. The number of carbonyl (C=O) groups is 1. The van der Waals surface area contributed by atoms with Crippen molar-refractivity contribution in [1.82, 2.24) is 0 Å². The van der Waals surface area contributed by atoms with Crippen molar-refractivity contribution in [3.63, 3.8) is 0 Å². The van der Waals surface area contributed by atoms with Gasteiger partial charge in [-0.25, -0.2) is 4.39 Å². The molecule has 0 bridgehead atoms. The van der Waals surface area contributed by atoms with E-state index in [0.717, 1.165) is 12.8 Å². The summed E-state index contributed by atoms with van der Waals surface area (Å²) < 4.78 is 25.4. The van der Waals surface area contributed by atoms with Gasteiger partial charge < -0.3 is 9.66 Å². The number of carboxylic acid groups (broad SMARTS) is 1. The van der Waals surface area contributed by atoms with E-state index in [9.17, 15) is 4.39 Å². The Balaban J connectivity index is 0.000000583. The van der Waals surface area contributed by atoms with Crippen LogP contribution in [0, 0.1) is 5.92 Å². The lowest BCUT2D eigenvalue weighted by Gasteiger charge is -2.22. The highest BCUT2D eigenvalue weighted by molar-refractivity contribution is 7.88. The minimum Gasteiger partial charge on any atom is -0.483 e. The third-order valence-corrected chi connectivity index (χ3v) is 2.69. The van der Waals surface area contributed by atoms with Crippen LogP contribution in [0.2, 0.25) is 0 Å². The van der Waals surface area contributed by atoms with Crippen molar-refractivity contribution in [2.45, 2.75) is 44.9 Å². The topological polar surface area (TPSA) is 66.8 Å². The molecule has 0 heterocycles. The number of alkyl halides is 1. The molecule has 1 fully saturated rings. The quantitative estimate of drug-likeness (QED) is 0.584. The Morgan fingerprint density at radius 2 is 2.00 bits per heavy atom. The Labute approximate surface area is 93.2 Å². The zero-order valence-corrected chi connectivity index (χ0v) is 9.29. The molecule has 1 atom stereocenters. The molecule has 1 aliphatic carbocycles. The van der Waals surface area contributed by atoms with Crippen LogP contribution >= 0.6 is 12.3 Å². The molecule has 15 heavy (non-hydrogen) atoms. The molecular formula is C9H17FO4S. The van der Waals surface area contributed by atoms with Gasteiger partial charge in [0.15, 0.2) is 12.3 Å².